The maximum absolute atomic E-state index is 10.1. The monoisotopic (exact) mass is 159 g/mol. The quantitative estimate of drug-likeness (QED) is 0.597. The standard InChI is InChI=1S/C4H5N3O2S/c8-3(9)1-7-2-5-6-4(7)10/h2H,1H2,(H,6,10)(H,8,9). The van der Waals surface area contributed by atoms with Crippen molar-refractivity contribution < 1.29 is 9.90 Å². The Bertz CT molecular complexity index is 289. The molecule has 0 unspecified atom stereocenters. The molecule has 0 aliphatic heterocycles. The second-order valence-electron chi connectivity index (χ2n) is 1.68. The predicted molar refractivity (Wildman–Crippen MR) is 35.0 cm³/mol. The van der Waals surface area contributed by atoms with Crippen LogP contribution in [0.5, 0.6) is 0 Å². The zero-order valence-electron chi connectivity index (χ0n) is 4.94. The highest BCUT2D eigenvalue weighted by Crippen LogP contribution is 1.85. The first kappa shape index (κ1) is 6.94. The summed E-state index contributed by atoms with van der Waals surface area (Å²) in [6, 6.07) is 0. The van der Waals surface area contributed by atoms with E-state index in [2.05, 4.69) is 22.4 Å². The molecule has 0 aliphatic carbocycles. The number of hydrogen-bond donors (Lipinski definition) is 2. The fraction of sp³-hybridized carbons (Fsp3) is 0.250. The number of nitrogens with zero attached hydrogens (tertiary/aromatic N) is 2. The van der Waals surface area contributed by atoms with Crippen molar-refractivity contribution in [2.45, 2.75) is 6.54 Å². The summed E-state index contributed by atoms with van der Waals surface area (Å²) in [6.07, 6.45) is 1.34. The zero-order valence-corrected chi connectivity index (χ0v) is 5.76. The molecule has 0 fully saturated rings. The lowest BCUT2D eigenvalue weighted by atomic mass is 10.6. The van der Waals surface area contributed by atoms with E-state index < -0.39 is 5.97 Å². The molecule has 54 valence electrons. The van der Waals surface area contributed by atoms with Crippen molar-refractivity contribution in [2.24, 2.45) is 0 Å². The lowest BCUT2D eigenvalue weighted by Gasteiger charge is -1.91. The maximum Gasteiger partial charge on any atom is 0.323 e. The van der Waals surface area contributed by atoms with E-state index in [1.165, 1.54) is 10.9 Å². The van der Waals surface area contributed by atoms with Crippen molar-refractivity contribution in [1.29, 1.82) is 0 Å². The Morgan fingerprint density at radius 3 is 3.10 bits per heavy atom. The van der Waals surface area contributed by atoms with Crippen LogP contribution in [0.4, 0.5) is 0 Å². The summed E-state index contributed by atoms with van der Waals surface area (Å²) < 4.78 is 1.65. The van der Waals surface area contributed by atoms with E-state index in [1.807, 2.05) is 0 Å². The summed E-state index contributed by atoms with van der Waals surface area (Å²) in [6.45, 7) is -0.144. The van der Waals surface area contributed by atoms with Crippen LogP contribution < -0.4 is 0 Å². The molecule has 0 saturated carbocycles. The van der Waals surface area contributed by atoms with Gasteiger partial charge in [0, 0.05) is 0 Å². The van der Waals surface area contributed by atoms with Gasteiger partial charge in [-0.1, -0.05) is 0 Å². The van der Waals surface area contributed by atoms with E-state index in [1.54, 1.807) is 0 Å². The molecule has 1 aromatic rings. The molecule has 0 radical (unpaired) electrons. The molecule has 0 amide bonds. The molecular weight excluding hydrogens is 154 g/mol. The fourth-order valence-corrected chi connectivity index (χ4v) is 0.693. The summed E-state index contributed by atoms with van der Waals surface area (Å²) in [4.78, 5) is 10.1. The Morgan fingerprint density at radius 1 is 2.00 bits per heavy atom. The molecule has 0 spiro atoms. The molecule has 1 heterocycles. The molecule has 2 N–H and O–H groups in total. The van der Waals surface area contributed by atoms with Gasteiger partial charge in [0.15, 0.2) is 4.77 Å². The lowest BCUT2D eigenvalue weighted by molar-refractivity contribution is -0.137. The minimum atomic E-state index is -0.933. The van der Waals surface area contributed by atoms with E-state index in [-0.39, 0.29) is 6.54 Å². The second-order valence-corrected chi connectivity index (χ2v) is 2.07. The van der Waals surface area contributed by atoms with E-state index in [4.69, 9.17) is 5.11 Å². The van der Waals surface area contributed by atoms with E-state index in [0.29, 0.717) is 4.77 Å². The van der Waals surface area contributed by atoms with E-state index in [9.17, 15) is 4.79 Å². The van der Waals surface area contributed by atoms with Crippen LogP contribution in [0.2, 0.25) is 0 Å². The van der Waals surface area contributed by atoms with Gasteiger partial charge in [-0.3, -0.25) is 14.5 Å². The van der Waals surface area contributed by atoms with Crippen LogP contribution in [-0.4, -0.2) is 25.8 Å². The highest BCUT2D eigenvalue weighted by molar-refractivity contribution is 7.71. The van der Waals surface area contributed by atoms with Gasteiger partial charge in [-0.15, -0.1) is 0 Å². The first-order chi connectivity index (χ1) is 4.70. The maximum atomic E-state index is 10.1. The van der Waals surface area contributed by atoms with Crippen LogP contribution in [0.25, 0.3) is 0 Å². The predicted octanol–water partition coefficient (Wildman–Crippen LogP) is 0.0253. The molecule has 0 aromatic carbocycles. The number of aliphatic carboxylic acids is 1. The number of rotatable bonds is 2. The summed E-state index contributed by atoms with van der Waals surface area (Å²) >= 11 is 4.69. The molecule has 0 bridgehead atoms. The summed E-state index contributed by atoms with van der Waals surface area (Å²) in [5, 5.41) is 14.3. The highest BCUT2D eigenvalue weighted by Gasteiger charge is 1.98. The molecule has 6 heteroatoms. The number of carboxylic acids is 1. The number of nitrogens with one attached hydrogen (secondary N) is 1. The minimum Gasteiger partial charge on any atom is -0.480 e. The molecule has 0 saturated heterocycles. The molecule has 0 aliphatic rings. The average Bonchev–Trinajstić information content (AvgIpc) is 2.15. The van der Waals surface area contributed by atoms with Gasteiger partial charge in [-0.2, -0.15) is 5.10 Å². The van der Waals surface area contributed by atoms with Crippen molar-refractivity contribution in [3.63, 3.8) is 0 Å². The molecule has 1 rings (SSSR count). The Morgan fingerprint density at radius 2 is 2.70 bits per heavy atom. The van der Waals surface area contributed by atoms with Gasteiger partial charge < -0.3 is 5.11 Å². The van der Waals surface area contributed by atoms with Crippen molar-refractivity contribution >= 4 is 18.2 Å². The van der Waals surface area contributed by atoms with Crippen molar-refractivity contribution in [3.05, 3.63) is 11.1 Å². The molecule has 10 heavy (non-hydrogen) atoms. The number of aromatic amines is 1. The Kier molecular flexibility index (Phi) is 1.81. The van der Waals surface area contributed by atoms with Crippen LogP contribution in [0.3, 0.4) is 0 Å². The Balaban J connectivity index is 2.85. The molecular formula is C4H5N3O2S. The van der Waals surface area contributed by atoms with Crippen LogP contribution in [0, 0.1) is 4.77 Å². The van der Waals surface area contributed by atoms with Crippen LogP contribution in [-0.2, 0) is 11.3 Å². The first-order valence-electron chi connectivity index (χ1n) is 2.52. The minimum absolute atomic E-state index is 0.144. The van der Waals surface area contributed by atoms with Gasteiger partial charge in [-0.05, 0) is 12.2 Å². The van der Waals surface area contributed by atoms with Crippen molar-refractivity contribution in [1.82, 2.24) is 14.8 Å². The molecule has 5 nitrogen and oxygen atoms in total. The van der Waals surface area contributed by atoms with Crippen LogP contribution in [0.15, 0.2) is 6.33 Å². The lowest BCUT2D eigenvalue weighted by Crippen LogP contribution is -2.07. The van der Waals surface area contributed by atoms with Crippen LogP contribution >= 0.6 is 12.2 Å². The number of carboxylic acid groups (broad SMARTS) is 1. The van der Waals surface area contributed by atoms with Gasteiger partial charge >= 0.3 is 5.97 Å². The number of aromatic nitrogens is 3. The van der Waals surface area contributed by atoms with E-state index >= 15 is 0 Å². The third-order valence-corrected chi connectivity index (χ3v) is 1.25. The summed E-state index contributed by atoms with van der Waals surface area (Å²) in [5.74, 6) is -0.933. The summed E-state index contributed by atoms with van der Waals surface area (Å²) in [7, 11) is 0. The molecule has 0 atom stereocenters. The largest absolute Gasteiger partial charge is 0.480 e. The van der Waals surface area contributed by atoms with Crippen LogP contribution in [0.1, 0.15) is 0 Å². The van der Waals surface area contributed by atoms with Gasteiger partial charge in [-0.25, -0.2) is 0 Å². The number of carbonyl (C=O) groups is 1. The zero-order chi connectivity index (χ0) is 7.56. The van der Waals surface area contributed by atoms with Crippen molar-refractivity contribution in [3.8, 4) is 0 Å². The fourth-order valence-electron chi connectivity index (χ4n) is 0.529. The third-order valence-electron chi connectivity index (χ3n) is 0.924. The number of H-pyrrole nitrogens is 1. The van der Waals surface area contributed by atoms with E-state index in [0.717, 1.165) is 0 Å². The van der Waals surface area contributed by atoms with Gasteiger partial charge in [0.1, 0.15) is 12.9 Å². The summed E-state index contributed by atoms with van der Waals surface area (Å²) in [5.41, 5.74) is 0. The molecule has 1 aromatic heterocycles. The smallest absolute Gasteiger partial charge is 0.323 e. The van der Waals surface area contributed by atoms with Gasteiger partial charge in [0.25, 0.3) is 0 Å². The topological polar surface area (TPSA) is 70.9 Å². The van der Waals surface area contributed by atoms with Crippen molar-refractivity contribution in [2.75, 3.05) is 0 Å². The van der Waals surface area contributed by atoms with Gasteiger partial charge in [0.2, 0.25) is 0 Å². The third kappa shape index (κ3) is 1.41. The van der Waals surface area contributed by atoms with Gasteiger partial charge in [0.05, 0.1) is 0 Å². The first-order valence-corrected chi connectivity index (χ1v) is 2.92. The highest BCUT2D eigenvalue weighted by atomic mass is 32.1. The normalized spacial score (nSPS) is 9.60. The average molecular weight is 159 g/mol. The second kappa shape index (κ2) is 2.61. The SMILES string of the molecule is O=C(O)Cn1cn[nH]c1=S. The number of hydrogen-bond acceptors (Lipinski definition) is 3. The Hall–Kier alpha value is -1.17. The Labute approximate surface area is 61.3 Å².